The second-order valence-electron chi connectivity index (χ2n) is 3.87. The summed E-state index contributed by atoms with van der Waals surface area (Å²) in [6, 6.07) is 7.10. The van der Waals surface area contributed by atoms with Crippen LogP contribution in [0.1, 0.15) is 29.8 Å². The van der Waals surface area contributed by atoms with E-state index in [1.54, 1.807) is 26.0 Å². The van der Waals surface area contributed by atoms with Crippen LogP contribution in [0.15, 0.2) is 24.3 Å². The van der Waals surface area contributed by atoms with E-state index in [9.17, 15) is 9.90 Å². The third-order valence-electron chi connectivity index (χ3n) is 2.40. The molecule has 0 spiro atoms. The van der Waals surface area contributed by atoms with Crippen LogP contribution in [0.3, 0.4) is 0 Å². The van der Waals surface area contributed by atoms with Crippen LogP contribution >= 0.6 is 0 Å². The van der Waals surface area contributed by atoms with E-state index in [4.69, 9.17) is 0 Å². The molecule has 1 aromatic carbocycles. The Balaban J connectivity index is 2.65. The van der Waals surface area contributed by atoms with Gasteiger partial charge in [0, 0.05) is 5.56 Å². The average Bonchev–Trinajstić information content (AvgIpc) is 2.18. The molecule has 0 aromatic heterocycles. The fourth-order valence-electron chi connectivity index (χ4n) is 1.12. The van der Waals surface area contributed by atoms with Crippen molar-refractivity contribution in [1.29, 1.82) is 0 Å². The molecule has 0 bridgehead atoms. The van der Waals surface area contributed by atoms with Crippen LogP contribution in [0.25, 0.3) is 0 Å². The highest BCUT2D eigenvalue weighted by molar-refractivity contribution is 5.94. The largest absolute Gasteiger partial charge is 0.391 e. The number of carbonyl (C=O) groups excluding carboxylic acids is 1. The Morgan fingerprint density at radius 3 is 2.27 bits per heavy atom. The first kappa shape index (κ1) is 11.7. The summed E-state index contributed by atoms with van der Waals surface area (Å²) >= 11 is 0. The van der Waals surface area contributed by atoms with Gasteiger partial charge >= 0.3 is 0 Å². The summed E-state index contributed by atoms with van der Waals surface area (Å²) < 4.78 is 0. The molecular formula is C12H17NO2. The van der Waals surface area contributed by atoms with Crippen molar-refractivity contribution in [2.45, 2.75) is 32.9 Å². The number of carbonyl (C=O) groups is 1. The first-order valence-electron chi connectivity index (χ1n) is 5.06. The second-order valence-corrected chi connectivity index (χ2v) is 3.87. The highest BCUT2D eigenvalue weighted by atomic mass is 16.3. The molecule has 0 saturated carbocycles. The Morgan fingerprint density at radius 1 is 1.27 bits per heavy atom. The minimum absolute atomic E-state index is 0.150. The van der Waals surface area contributed by atoms with Crippen LogP contribution in [0.5, 0.6) is 0 Å². The van der Waals surface area contributed by atoms with Crippen molar-refractivity contribution in [2.75, 3.05) is 0 Å². The van der Waals surface area contributed by atoms with E-state index in [2.05, 4.69) is 5.32 Å². The van der Waals surface area contributed by atoms with Crippen LogP contribution in [0, 0.1) is 6.92 Å². The normalized spacial score (nSPS) is 14.4. The quantitative estimate of drug-likeness (QED) is 0.789. The summed E-state index contributed by atoms with van der Waals surface area (Å²) in [7, 11) is 0. The SMILES string of the molecule is Cc1ccc(C(=O)N[C@H](C)[C@@H](C)O)cc1. The lowest BCUT2D eigenvalue weighted by molar-refractivity contribution is 0.0874. The van der Waals surface area contributed by atoms with Crippen molar-refractivity contribution in [3.8, 4) is 0 Å². The lowest BCUT2D eigenvalue weighted by Crippen LogP contribution is -2.39. The number of aryl methyl sites for hydroxylation is 1. The predicted octanol–water partition coefficient (Wildman–Crippen LogP) is 1.49. The van der Waals surface area contributed by atoms with Crippen molar-refractivity contribution in [1.82, 2.24) is 5.32 Å². The Hall–Kier alpha value is -1.35. The van der Waals surface area contributed by atoms with Gasteiger partial charge in [-0.2, -0.15) is 0 Å². The van der Waals surface area contributed by atoms with E-state index in [1.165, 1.54) is 0 Å². The molecule has 0 aliphatic heterocycles. The molecule has 2 atom stereocenters. The third kappa shape index (κ3) is 3.36. The van der Waals surface area contributed by atoms with Crippen LogP contribution in [-0.4, -0.2) is 23.2 Å². The van der Waals surface area contributed by atoms with E-state index < -0.39 is 6.10 Å². The summed E-state index contributed by atoms with van der Waals surface area (Å²) in [5, 5.41) is 12.0. The maximum Gasteiger partial charge on any atom is 0.251 e. The Labute approximate surface area is 90.1 Å². The van der Waals surface area contributed by atoms with Crippen molar-refractivity contribution >= 4 is 5.91 Å². The summed E-state index contributed by atoms with van der Waals surface area (Å²) in [5.41, 5.74) is 1.74. The number of hydrogen-bond donors (Lipinski definition) is 2. The van der Waals surface area contributed by atoms with Gasteiger partial charge < -0.3 is 10.4 Å². The van der Waals surface area contributed by atoms with E-state index >= 15 is 0 Å². The molecule has 3 nitrogen and oxygen atoms in total. The molecular weight excluding hydrogens is 190 g/mol. The predicted molar refractivity (Wildman–Crippen MR) is 59.8 cm³/mol. The molecule has 0 aliphatic carbocycles. The highest BCUT2D eigenvalue weighted by Crippen LogP contribution is 2.03. The molecule has 1 rings (SSSR count). The van der Waals surface area contributed by atoms with Crippen molar-refractivity contribution in [2.24, 2.45) is 0 Å². The van der Waals surface area contributed by atoms with Crippen LogP contribution in [0.2, 0.25) is 0 Å². The standard InChI is InChI=1S/C12H17NO2/c1-8-4-6-11(7-5-8)12(15)13-9(2)10(3)14/h4-7,9-10,14H,1-3H3,(H,13,15)/t9-,10-/m1/s1. The van der Waals surface area contributed by atoms with E-state index in [1.807, 2.05) is 19.1 Å². The molecule has 82 valence electrons. The van der Waals surface area contributed by atoms with Gasteiger partial charge in [0.1, 0.15) is 0 Å². The Bertz CT molecular complexity index is 330. The molecule has 0 radical (unpaired) electrons. The maximum absolute atomic E-state index is 11.6. The van der Waals surface area contributed by atoms with Crippen molar-refractivity contribution < 1.29 is 9.90 Å². The Kier molecular flexibility index (Phi) is 3.86. The average molecular weight is 207 g/mol. The van der Waals surface area contributed by atoms with Gasteiger partial charge in [-0.25, -0.2) is 0 Å². The van der Waals surface area contributed by atoms with Gasteiger partial charge in [-0.1, -0.05) is 17.7 Å². The molecule has 0 heterocycles. The molecule has 0 fully saturated rings. The van der Waals surface area contributed by atoms with Crippen LogP contribution < -0.4 is 5.32 Å². The third-order valence-corrected chi connectivity index (χ3v) is 2.40. The van der Waals surface area contributed by atoms with Crippen molar-refractivity contribution in [3.05, 3.63) is 35.4 Å². The van der Waals surface area contributed by atoms with Gasteiger partial charge in [-0.05, 0) is 32.9 Å². The van der Waals surface area contributed by atoms with Gasteiger partial charge in [0.05, 0.1) is 12.1 Å². The van der Waals surface area contributed by atoms with E-state index in [0.717, 1.165) is 5.56 Å². The van der Waals surface area contributed by atoms with Crippen molar-refractivity contribution in [3.63, 3.8) is 0 Å². The number of benzene rings is 1. The Morgan fingerprint density at radius 2 is 1.80 bits per heavy atom. The molecule has 3 heteroatoms. The monoisotopic (exact) mass is 207 g/mol. The number of aliphatic hydroxyl groups excluding tert-OH is 1. The number of rotatable bonds is 3. The van der Waals surface area contributed by atoms with Crippen LogP contribution in [0.4, 0.5) is 0 Å². The molecule has 0 saturated heterocycles. The lowest BCUT2D eigenvalue weighted by atomic mass is 10.1. The topological polar surface area (TPSA) is 49.3 Å². The zero-order valence-corrected chi connectivity index (χ0v) is 9.32. The van der Waals surface area contributed by atoms with Gasteiger partial charge in [0.15, 0.2) is 0 Å². The van der Waals surface area contributed by atoms with Gasteiger partial charge in [0.2, 0.25) is 0 Å². The maximum atomic E-state index is 11.6. The van der Waals surface area contributed by atoms with Crippen LogP contribution in [-0.2, 0) is 0 Å². The molecule has 1 amide bonds. The minimum Gasteiger partial charge on any atom is -0.391 e. The van der Waals surface area contributed by atoms with E-state index in [0.29, 0.717) is 5.56 Å². The molecule has 15 heavy (non-hydrogen) atoms. The summed E-state index contributed by atoms with van der Waals surface area (Å²) in [6.45, 7) is 5.40. The van der Waals surface area contributed by atoms with Gasteiger partial charge in [-0.15, -0.1) is 0 Å². The lowest BCUT2D eigenvalue weighted by Gasteiger charge is -2.16. The number of aliphatic hydroxyl groups is 1. The zero-order valence-electron chi connectivity index (χ0n) is 9.32. The molecule has 2 N–H and O–H groups in total. The first-order chi connectivity index (χ1) is 7.00. The number of hydrogen-bond acceptors (Lipinski definition) is 2. The van der Waals surface area contributed by atoms with Gasteiger partial charge in [0.25, 0.3) is 5.91 Å². The fraction of sp³-hybridized carbons (Fsp3) is 0.417. The van der Waals surface area contributed by atoms with E-state index in [-0.39, 0.29) is 11.9 Å². The smallest absolute Gasteiger partial charge is 0.251 e. The fourth-order valence-corrected chi connectivity index (χ4v) is 1.12. The molecule has 0 aliphatic rings. The first-order valence-corrected chi connectivity index (χ1v) is 5.06. The summed E-state index contributed by atoms with van der Waals surface area (Å²) in [5.74, 6) is -0.150. The highest BCUT2D eigenvalue weighted by Gasteiger charge is 2.12. The molecule has 0 unspecified atom stereocenters. The number of amides is 1. The zero-order chi connectivity index (χ0) is 11.4. The summed E-state index contributed by atoms with van der Waals surface area (Å²) in [4.78, 5) is 11.6. The minimum atomic E-state index is -0.542. The van der Waals surface area contributed by atoms with Gasteiger partial charge in [-0.3, -0.25) is 4.79 Å². The summed E-state index contributed by atoms with van der Waals surface area (Å²) in [6.07, 6.45) is -0.542. The molecule has 1 aromatic rings. The second kappa shape index (κ2) is 4.94. The number of nitrogens with one attached hydrogen (secondary N) is 1.